The van der Waals surface area contributed by atoms with E-state index in [1.807, 2.05) is 0 Å². The van der Waals surface area contributed by atoms with Crippen LogP contribution in [-0.2, 0) is 16.0 Å². The molecule has 0 aliphatic heterocycles. The molecule has 0 spiro atoms. The highest BCUT2D eigenvalue weighted by Gasteiger charge is 2.09. The van der Waals surface area contributed by atoms with Gasteiger partial charge in [-0.15, -0.1) is 0 Å². The first-order valence-electron chi connectivity index (χ1n) is 5.29. The number of halogens is 2. The third-order valence-corrected chi connectivity index (χ3v) is 2.65. The third kappa shape index (κ3) is 4.81. The largest absolute Gasteiger partial charge is 0.383 e. The zero-order valence-corrected chi connectivity index (χ0v) is 10.4. The monoisotopic (exact) mass is 259 g/mol. The Labute approximate surface area is 105 Å². The van der Waals surface area contributed by atoms with Gasteiger partial charge in [-0.1, -0.05) is 23.7 Å². The van der Waals surface area contributed by atoms with E-state index in [0.717, 1.165) is 0 Å². The molecule has 1 aromatic carbocycles. The third-order valence-electron chi connectivity index (χ3n) is 2.22. The molecule has 0 aliphatic carbocycles. The highest BCUT2D eigenvalue weighted by Crippen LogP contribution is 2.19. The summed E-state index contributed by atoms with van der Waals surface area (Å²) in [6.07, 6.45) is 0.135. The second kappa shape index (κ2) is 7.37. The fraction of sp³-hybridized carbons (Fsp3) is 0.417. The van der Waals surface area contributed by atoms with Crippen LogP contribution in [0.15, 0.2) is 18.2 Å². The minimum atomic E-state index is -0.496. The number of ether oxygens (including phenoxy) is 1. The molecule has 0 fully saturated rings. The van der Waals surface area contributed by atoms with Crippen LogP contribution < -0.4 is 5.32 Å². The van der Waals surface area contributed by atoms with Crippen molar-refractivity contribution in [1.82, 2.24) is 5.32 Å². The highest BCUT2D eigenvalue weighted by molar-refractivity contribution is 6.31. The van der Waals surface area contributed by atoms with Gasteiger partial charge < -0.3 is 10.1 Å². The van der Waals surface area contributed by atoms with Gasteiger partial charge in [0.25, 0.3) is 0 Å². The molecule has 0 bridgehead atoms. The molecule has 1 aromatic rings. The second-order valence-electron chi connectivity index (χ2n) is 3.60. The van der Waals surface area contributed by atoms with Gasteiger partial charge in [0, 0.05) is 20.1 Å². The minimum Gasteiger partial charge on any atom is -0.383 e. The minimum absolute atomic E-state index is 0.0257. The van der Waals surface area contributed by atoms with Crippen LogP contribution in [0.25, 0.3) is 0 Å². The van der Waals surface area contributed by atoms with Crippen LogP contribution in [0.2, 0.25) is 5.02 Å². The lowest BCUT2D eigenvalue weighted by Crippen LogP contribution is -2.27. The van der Waals surface area contributed by atoms with E-state index in [-0.39, 0.29) is 23.8 Å². The van der Waals surface area contributed by atoms with E-state index < -0.39 is 5.82 Å². The van der Waals surface area contributed by atoms with Gasteiger partial charge in [-0.3, -0.25) is 4.79 Å². The van der Waals surface area contributed by atoms with Crippen LogP contribution >= 0.6 is 11.6 Å². The lowest BCUT2D eigenvalue weighted by Gasteiger charge is -2.05. The second-order valence-corrected chi connectivity index (χ2v) is 3.98. The van der Waals surface area contributed by atoms with Gasteiger partial charge in [0.15, 0.2) is 5.78 Å². The Morgan fingerprint density at radius 1 is 1.53 bits per heavy atom. The molecule has 0 heterocycles. The topological polar surface area (TPSA) is 38.3 Å². The van der Waals surface area contributed by atoms with Crippen molar-refractivity contribution in [2.75, 3.05) is 26.8 Å². The average Bonchev–Trinajstić information content (AvgIpc) is 2.31. The molecule has 0 unspecified atom stereocenters. The first-order valence-corrected chi connectivity index (χ1v) is 5.67. The first-order chi connectivity index (χ1) is 8.15. The number of nitrogens with one attached hydrogen (secondary N) is 1. The maximum Gasteiger partial charge on any atom is 0.151 e. The van der Waals surface area contributed by atoms with E-state index in [0.29, 0.717) is 18.7 Å². The van der Waals surface area contributed by atoms with Crippen molar-refractivity contribution in [2.24, 2.45) is 0 Å². The van der Waals surface area contributed by atoms with E-state index >= 15 is 0 Å². The van der Waals surface area contributed by atoms with Crippen molar-refractivity contribution >= 4 is 17.4 Å². The Kier molecular flexibility index (Phi) is 6.11. The summed E-state index contributed by atoms with van der Waals surface area (Å²) in [5.41, 5.74) is 0.519. The van der Waals surface area contributed by atoms with E-state index in [4.69, 9.17) is 16.3 Å². The van der Waals surface area contributed by atoms with E-state index in [2.05, 4.69) is 5.32 Å². The molecule has 5 heteroatoms. The molecule has 17 heavy (non-hydrogen) atoms. The Balaban J connectivity index is 2.43. The van der Waals surface area contributed by atoms with E-state index in [1.54, 1.807) is 19.2 Å². The van der Waals surface area contributed by atoms with Crippen molar-refractivity contribution in [3.63, 3.8) is 0 Å². The molecular formula is C12H15ClFNO2. The summed E-state index contributed by atoms with van der Waals surface area (Å²) >= 11 is 5.75. The molecule has 1 rings (SSSR count). The molecule has 0 atom stereocenters. The van der Waals surface area contributed by atoms with Crippen LogP contribution in [-0.4, -0.2) is 32.6 Å². The lowest BCUT2D eigenvalue weighted by atomic mass is 10.1. The van der Waals surface area contributed by atoms with Gasteiger partial charge in [-0.25, -0.2) is 4.39 Å². The maximum absolute atomic E-state index is 13.1. The number of carbonyl (C=O) groups excluding carboxylic acids is 1. The fourth-order valence-electron chi connectivity index (χ4n) is 1.36. The van der Waals surface area contributed by atoms with Gasteiger partial charge in [-0.05, 0) is 11.6 Å². The van der Waals surface area contributed by atoms with Gasteiger partial charge in [-0.2, -0.15) is 0 Å². The lowest BCUT2D eigenvalue weighted by molar-refractivity contribution is -0.117. The molecule has 0 amide bonds. The standard InChI is InChI=1S/C12H15ClFNO2/c1-17-6-5-15-8-10(16)7-9-3-2-4-11(14)12(9)13/h2-4,15H,5-8H2,1H3. The number of rotatable bonds is 7. The molecule has 0 saturated heterocycles. The van der Waals surface area contributed by atoms with Crippen molar-refractivity contribution in [1.29, 1.82) is 0 Å². The number of methoxy groups -OCH3 is 1. The van der Waals surface area contributed by atoms with Crippen LogP contribution in [0.3, 0.4) is 0 Å². The quantitative estimate of drug-likeness (QED) is 0.760. The van der Waals surface area contributed by atoms with Gasteiger partial charge >= 0.3 is 0 Å². The smallest absolute Gasteiger partial charge is 0.151 e. The summed E-state index contributed by atoms with van der Waals surface area (Å²) in [7, 11) is 1.59. The Morgan fingerprint density at radius 3 is 3.00 bits per heavy atom. The number of hydrogen-bond donors (Lipinski definition) is 1. The highest BCUT2D eigenvalue weighted by atomic mass is 35.5. The molecule has 0 saturated carbocycles. The van der Waals surface area contributed by atoms with Crippen molar-refractivity contribution in [3.8, 4) is 0 Å². The van der Waals surface area contributed by atoms with Crippen LogP contribution in [0.4, 0.5) is 4.39 Å². The number of hydrogen-bond acceptors (Lipinski definition) is 3. The number of Topliss-reactive ketones (excluding diaryl/α,β-unsaturated/α-hetero) is 1. The Morgan fingerprint density at radius 2 is 2.29 bits per heavy atom. The molecular weight excluding hydrogens is 245 g/mol. The summed E-state index contributed by atoms with van der Waals surface area (Å²) in [5.74, 6) is -0.530. The zero-order valence-electron chi connectivity index (χ0n) is 9.63. The predicted molar refractivity (Wildman–Crippen MR) is 64.9 cm³/mol. The van der Waals surface area contributed by atoms with E-state index in [1.165, 1.54) is 6.07 Å². The number of carbonyl (C=O) groups is 1. The molecule has 3 nitrogen and oxygen atoms in total. The van der Waals surface area contributed by atoms with Crippen molar-refractivity contribution in [2.45, 2.75) is 6.42 Å². The van der Waals surface area contributed by atoms with Crippen LogP contribution in [0, 0.1) is 5.82 Å². The van der Waals surface area contributed by atoms with Crippen LogP contribution in [0.1, 0.15) is 5.56 Å². The molecule has 0 aromatic heterocycles. The average molecular weight is 260 g/mol. The van der Waals surface area contributed by atoms with E-state index in [9.17, 15) is 9.18 Å². The summed E-state index contributed by atoms with van der Waals surface area (Å²) in [5, 5.41) is 2.95. The summed E-state index contributed by atoms with van der Waals surface area (Å²) in [6, 6.07) is 4.47. The van der Waals surface area contributed by atoms with Crippen molar-refractivity contribution < 1.29 is 13.9 Å². The summed E-state index contributed by atoms with van der Waals surface area (Å²) < 4.78 is 17.9. The number of ketones is 1. The predicted octanol–water partition coefficient (Wildman–Crippen LogP) is 1.83. The fourth-order valence-corrected chi connectivity index (χ4v) is 1.55. The molecule has 1 N–H and O–H groups in total. The van der Waals surface area contributed by atoms with Crippen molar-refractivity contribution in [3.05, 3.63) is 34.6 Å². The van der Waals surface area contributed by atoms with Crippen LogP contribution in [0.5, 0.6) is 0 Å². The normalized spacial score (nSPS) is 10.5. The van der Waals surface area contributed by atoms with Gasteiger partial charge in [0.1, 0.15) is 5.82 Å². The zero-order chi connectivity index (χ0) is 12.7. The first kappa shape index (κ1) is 14.1. The summed E-state index contributed by atoms with van der Waals surface area (Å²) in [4.78, 5) is 11.6. The maximum atomic E-state index is 13.1. The Bertz CT molecular complexity index is 385. The molecule has 94 valence electrons. The van der Waals surface area contributed by atoms with Gasteiger partial charge in [0.2, 0.25) is 0 Å². The summed E-state index contributed by atoms with van der Waals surface area (Å²) in [6.45, 7) is 1.39. The SMILES string of the molecule is COCCNCC(=O)Cc1cccc(F)c1Cl. The Hall–Kier alpha value is -0.970. The molecule has 0 radical (unpaired) electrons. The number of benzene rings is 1. The van der Waals surface area contributed by atoms with Gasteiger partial charge in [0.05, 0.1) is 18.2 Å². The molecule has 0 aliphatic rings.